The zero-order valence-electron chi connectivity index (χ0n) is 11.4. The van der Waals surface area contributed by atoms with Crippen molar-refractivity contribution in [2.24, 2.45) is 5.73 Å². The smallest absolute Gasteiger partial charge is 0.328 e. The second kappa shape index (κ2) is 6.89. The highest BCUT2D eigenvalue weighted by Gasteiger charge is 2.34. The molecule has 21 heavy (non-hydrogen) atoms. The summed E-state index contributed by atoms with van der Waals surface area (Å²) in [6.45, 7) is 0.558. The summed E-state index contributed by atoms with van der Waals surface area (Å²) in [5, 5.41) is 9.74. The minimum Gasteiger partial charge on any atom is -0.480 e. The minimum atomic E-state index is -1.08. The standard InChI is InChI=1S/C14H17ClN2O4/c15-10-3-1-9(2-4-10)7-11(16)13(18)17-5-6-21-8-12(17)14(19)20/h1-4,11-12H,5-8,16H2,(H,19,20). The average Bonchev–Trinajstić information content (AvgIpc) is 2.48. The number of carboxylic acids is 1. The number of nitrogens with zero attached hydrogens (tertiary/aromatic N) is 1. The van der Waals surface area contributed by atoms with Crippen molar-refractivity contribution in [3.8, 4) is 0 Å². The highest BCUT2D eigenvalue weighted by Crippen LogP contribution is 2.13. The molecule has 2 rings (SSSR count). The minimum absolute atomic E-state index is 0.00522. The van der Waals surface area contributed by atoms with Crippen LogP contribution < -0.4 is 5.73 Å². The average molecular weight is 313 g/mol. The van der Waals surface area contributed by atoms with Crippen molar-refractivity contribution in [2.45, 2.75) is 18.5 Å². The molecule has 0 bridgehead atoms. The number of morpholine rings is 1. The van der Waals surface area contributed by atoms with Gasteiger partial charge in [-0.15, -0.1) is 0 Å². The molecule has 0 spiro atoms. The summed E-state index contributed by atoms with van der Waals surface area (Å²) in [6, 6.07) is 5.28. The SMILES string of the molecule is NC(Cc1ccc(Cl)cc1)C(=O)N1CCOCC1C(=O)O. The number of carbonyl (C=O) groups excluding carboxylic acids is 1. The number of benzene rings is 1. The van der Waals surface area contributed by atoms with Crippen LogP contribution >= 0.6 is 11.6 Å². The molecule has 0 aliphatic carbocycles. The molecule has 1 aliphatic rings. The van der Waals surface area contributed by atoms with Gasteiger partial charge in [0.15, 0.2) is 6.04 Å². The number of amides is 1. The Morgan fingerprint density at radius 2 is 2.10 bits per heavy atom. The molecule has 0 saturated carbocycles. The Labute approximate surface area is 127 Å². The molecular formula is C14H17ClN2O4. The van der Waals surface area contributed by atoms with E-state index in [-0.39, 0.29) is 19.1 Å². The fourth-order valence-corrected chi connectivity index (χ4v) is 2.37. The Morgan fingerprint density at radius 1 is 1.43 bits per heavy atom. The largest absolute Gasteiger partial charge is 0.480 e. The Hall–Kier alpha value is -1.63. The summed E-state index contributed by atoms with van der Waals surface area (Å²) in [4.78, 5) is 24.8. The van der Waals surface area contributed by atoms with Gasteiger partial charge in [0.05, 0.1) is 19.3 Å². The lowest BCUT2D eigenvalue weighted by molar-refractivity contribution is -0.158. The summed E-state index contributed by atoms with van der Waals surface area (Å²) in [5.41, 5.74) is 6.80. The molecular weight excluding hydrogens is 296 g/mol. The van der Waals surface area contributed by atoms with Gasteiger partial charge in [0, 0.05) is 11.6 Å². The van der Waals surface area contributed by atoms with Crippen LogP contribution in [0, 0.1) is 0 Å². The number of nitrogens with two attached hydrogens (primary N) is 1. The van der Waals surface area contributed by atoms with Gasteiger partial charge >= 0.3 is 5.97 Å². The molecule has 1 amide bonds. The highest BCUT2D eigenvalue weighted by molar-refractivity contribution is 6.30. The molecule has 114 valence electrons. The molecule has 2 unspecified atom stereocenters. The molecule has 6 nitrogen and oxygen atoms in total. The molecule has 1 saturated heterocycles. The van der Waals surface area contributed by atoms with Gasteiger partial charge in [-0.05, 0) is 24.1 Å². The summed E-state index contributed by atoms with van der Waals surface area (Å²) in [7, 11) is 0. The van der Waals surface area contributed by atoms with Gasteiger partial charge in [-0.1, -0.05) is 23.7 Å². The lowest BCUT2D eigenvalue weighted by atomic mass is 10.0. The predicted molar refractivity (Wildman–Crippen MR) is 77.1 cm³/mol. The first-order chi connectivity index (χ1) is 9.99. The number of hydrogen-bond donors (Lipinski definition) is 2. The van der Waals surface area contributed by atoms with Crippen LogP contribution in [-0.4, -0.2) is 53.7 Å². The zero-order valence-corrected chi connectivity index (χ0v) is 12.1. The number of rotatable bonds is 4. The van der Waals surface area contributed by atoms with Gasteiger partial charge in [0.25, 0.3) is 0 Å². The third kappa shape index (κ3) is 3.93. The number of carboxylic acid groups (broad SMARTS) is 1. The number of ether oxygens (including phenoxy) is 1. The molecule has 1 aromatic rings. The van der Waals surface area contributed by atoms with Gasteiger partial charge in [-0.2, -0.15) is 0 Å². The fraction of sp³-hybridized carbons (Fsp3) is 0.429. The maximum atomic E-state index is 12.3. The molecule has 2 atom stereocenters. The van der Waals surface area contributed by atoms with Gasteiger partial charge in [-0.3, -0.25) is 4.79 Å². The maximum absolute atomic E-state index is 12.3. The van der Waals surface area contributed by atoms with Crippen LogP contribution in [0.15, 0.2) is 24.3 Å². The van der Waals surface area contributed by atoms with Gasteiger partial charge < -0.3 is 20.5 Å². The van der Waals surface area contributed by atoms with E-state index in [9.17, 15) is 9.59 Å². The predicted octanol–water partition coefficient (Wildman–Crippen LogP) is 0.522. The summed E-state index contributed by atoms with van der Waals surface area (Å²) < 4.78 is 5.10. The van der Waals surface area contributed by atoms with Gasteiger partial charge in [0.2, 0.25) is 5.91 Å². The Balaban J connectivity index is 2.03. The van der Waals surface area contributed by atoms with E-state index in [1.165, 1.54) is 4.90 Å². The molecule has 3 N–H and O–H groups in total. The van der Waals surface area contributed by atoms with E-state index in [2.05, 4.69) is 0 Å². The van der Waals surface area contributed by atoms with Crippen molar-refractivity contribution in [1.29, 1.82) is 0 Å². The fourth-order valence-electron chi connectivity index (χ4n) is 2.25. The van der Waals surface area contributed by atoms with E-state index in [0.29, 0.717) is 18.1 Å². The molecule has 1 heterocycles. The second-order valence-corrected chi connectivity index (χ2v) is 5.33. The van der Waals surface area contributed by atoms with E-state index in [0.717, 1.165) is 5.56 Å². The second-order valence-electron chi connectivity index (χ2n) is 4.90. The highest BCUT2D eigenvalue weighted by atomic mass is 35.5. The van der Waals surface area contributed by atoms with Crippen molar-refractivity contribution in [1.82, 2.24) is 4.90 Å². The Bertz CT molecular complexity index is 520. The van der Waals surface area contributed by atoms with Gasteiger partial charge in [0.1, 0.15) is 0 Å². The van der Waals surface area contributed by atoms with E-state index >= 15 is 0 Å². The topological polar surface area (TPSA) is 92.9 Å². The van der Waals surface area contributed by atoms with Gasteiger partial charge in [-0.25, -0.2) is 4.79 Å². The van der Waals surface area contributed by atoms with Crippen LogP contribution in [0.4, 0.5) is 0 Å². The van der Waals surface area contributed by atoms with Crippen LogP contribution in [0.25, 0.3) is 0 Å². The lowest BCUT2D eigenvalue weighted by Crippen LogP contribution is -2.57. The summed E-state index contributed by atoms with van der Waals surface area (Å²) in [5.74, 6) is -1.46. The number of hydrogen-bond acceptors (Lipinski definition) is 4. The van der Waals surface area contributed by atoms with E-state index in [1.54, 1.807) is 24.3 Å². The zero-order chi connectivity index (χ0) is 15.4. The number of carbonyl (C=O) groups is 2. The maximum Gasteiger partial charge on any atom is 0.328 e. The van der Waals surface area contributed by atoms with Crippen LogP contribution in [0.5, 0.6) is 0 Å². The van der Waals surface area contributed by atoms with E-state index in [1.807, 2.05) is 0 Å². The van der Waals surface area contributed by atoms with Crippen molar-refractivity contribution in [3.05, 3.63) is 34.9 Å². The van der Waals surface area contributed by atoms with Crippen molar-refractivity contribution < 1.29 is 19.4 Å². The molecule has 1 fully saturated rings. The molecule has 7 heteroatoms. The van der Waals surface area contributed by atoms with Crippen LogP contribution in [0.1, 0.15) is 5.56 Å². The summed E-state index contributed by atoms with van der Waals surface area (Å²) in [6.07, 6.45) is 0.333. The first-order valence-corrected chi connectivity index (χ1v) is 6.98. The summed E-state index contributed by atoms with van der Waals surface area (Å²) >= 11 is 5.80. The van der Waals surface area contributed by atoms with Crippen LogP contribution in [-0.2, 0) is 20.7 Å². The lowest BCUT2D eigenvalue weighted by Gasteiger charge is -2.34. The van der Waals surface area contributed by atoms with E-state index < -0.39 is 18.1 Å². The Kier molecular flexibility index (Phi) is 5.17. The molecule has 0 radical (unpaired) electrons. The quantitative estimate of drug-likeness (QED) is 0.845. The monoisotopic (exact) mass is 312 g/mol. The third-order valence-electron chi connectivity index (χ3n) is 3.38. The Morgan fingerprint density at radius 3 is 2.71 bits per heavy atom. The number of halogens is 1. The van der Waals surface area contributed by atoms with Crippen molar-refractivity contribution >= 4 is 23.5 Å². The van der Waals surface area contributed by atoms with Crippen LogP contribution in [0.3, 0.4) is 0 Å². The molecule has 1 aliphatic heterocycles. The molecule has 0 aromatic heterocycles. The molecule has 1 aromatic carbocycles. The third-order valence-corrected chi connectivity index (χ3v) is 3.63. The first-order valence-electron chi connectivity index (χ1n) is 6.60. The number of aliphatic carboxylic acids is 1. The van der Waals surface area contributed by atoms with Crippen molar-refractivity contribution in [2.75, 3.05) is 19.8 Å². The normalized spacial score (nSPS) is 20.1. The first kappa shape index (κ1) is 15.8. The van der Waals surface area contributed by atoms with Crippen LogP contribution in [0.2, 0.25) is 5.02 Å². The van der Waals surface area contributed by atoms with Crippen molar-refractivity contribution in [3.63, 3.8) is 0 Å². The van der Waals surface area contributed by atoms with E-state index in [4.69, 9.17) is 27.2 Å².